The number of benzene rings is 2. The molecule has 3 rings (SSSR count). The largest absolute Gasteiger partial charge is 0.386 e. The van der Waals surface area contributed by atoms with E-state index in [0.717, 1.165) is 5.56 Å². The summed E-state index contributed by atoms with van der Waals surface area (Å²) in [6.07, 6.45) is -1.81. The zero-order valence-corrected chi connectivity index (χ0v) is 16.6. The molecule has 0 aliphatic carbocycles. The monoisotopic (exact) mass is 381 g/mol. The van der Waals surface area contributed by atoms with Gasteiger partial charge >= 0.3 is 0 Å². The third-order valence-electron chi connectivity index (χ3n) is 4.81. The van der Waals surface area contributed by atoms with Crippen molar-refractivity contribution in [2.75, 3.05) is 5.43 Å². The van der Waals surface area contributed by atoms with Gasteiger partial charge in [0, 0.05) is 0 Å². The number of para-hydroxylation sites is 1. The molecular weight excluding hydrogens is 354 g/mol. The topological polar surface area (TPSA) is 87.4 Å². The van der Waals surface area contributed by atoms with Crippen molar-refractivity contribution in [1.29, 1.82) is 0 Å². The van der Waals surface area contributed by atoms with E-state index in [9.17, 15) is 15.0 Å². The molecule has 1 aromatic heterocycles. The van der Waals surface area contributed by atoms with Gasteiger partial charge in [-0.1, -0.05) is 63.2 Å². The number of nitrogens with zero attached hydrogens (tertiary/aromatic N) is 2. The average Bonchev–Trinajstić information content (AvgIpc) is 2.68. The predicted molar refractivity (Wildman–Crippen MR) is 111 cm³/mol. The van der Waals surface area contributed by atoms with Crippen LogP contribution in [-0.2, 0) is 0 Å². The highest BCUT2D eigenvalue weighted by Gasteiger charge is 2.30. The van der Waals surface area contributed by atoms with Crippen LogP contribution < -0.4 is 11.0 Å². The molecule has 3 atom stereocenters. The van der Waals surface area contributed by atoms with Gasteiger partial charge in [-0.2, -0.15) is 0 Å². The van der Waals surface area contributed by atoms with Gasteiger partial charge in [0.2, 0.25) is 0 Å². The van der Waals surface area contributed by atoms with E-state index in [1.54, 1.807) is 25.1 Å². The number of aromatic nitrogens is 2. The quantitative estimate of drug-likeness (QED) is 0.632. The second-order valence-electron chi connectivity index (χ2n) is 8.17. The summed E-state index contributed by atoms with van der Waals surface area (Å²) in [5.74, 6) is 0.225. The maximum atomic E-state index is 13.1. The third-order valence-corrected chi connectivity index (χ3v) is 4.81. The predicted octanol–water partition coefficient (Wildman–Crippen LogP) is 3.14. The Balaban J connectivity index is 2.08. The highest BCUT2D eigenvalue weighted by atomic mass is 16.3. The molecule has 0 amide bonds. The minimum absolute atomic E-state index is 0.225. The zero-order chi connectivity index (χ0) is 20.5. The van der Waals surface area contributed by atoms with Crippen LogP contribution in [0, 0.1) is 5.41 Å². The second kappa shape index (κ2) is 7.73. The fraction of sp³-hybridized carbons (Fsp3) is 0.364. The molecule has 0 saturated heterocycles. The number of aliphatic hydroxyl groups is 2. The molecule has 0 saturated carbocycles. The molecular formula is C22H27N3O3. The number of hydrogen-bond donors (Lipinski definition) is 3. The first-order valence-corrected chi connectivity index (χ1v) is 9.39. The van der Waals surface area contributed by atoms with Crippen molar-refractivity contribution in [2.45, 2.75) is 45.9 Å². The van der Waals surface area contributed by atoms with Crippen LogP contribution in [0.15, 0.2) is 59.4 Å². The van der Waals surface area contributed by atoms with Gasteiger partial charge in [-0.3, -0.25) is 4.79 Å². The van der Waals surface area contributed by atoms with Crippen molar-refractivity contribution in [3.63, 3.8) is 0 Å². The Kier molecular flexibility index (Phi) is 5.54. The molecule has 0 spiro atoms. The second-order valence-corrected chi connectivity index (χ2v) is 8.17. The molecule has 0 unspecified atom stereocenters. The summed E-state index contributed by atoms with van der Waals surface area (Å²) in [6, 6.07) is 15.8. The highest BCUT2D eigenvalue weighted by molar-refractivity contribution is 5.77. The summed E-state index contributed by atoms with van der Waals surface area (Å²) in [7, 11) is 0. The van der Waals surface area contributed by atoms with Crippen LogP contribution in [0.4, 0.5) is 0 Å². The Morgan fingerprint density at radius 2 is 1.61 bits per heavy atom. The Morgan fingerprint density at radius 3 is 2.25 bits per heavy atom. The molecule has 28 heavy (non-hydrogen) atoms. The molecule has 0 bridgehead atoms. The minimum atomic E-state index is -0.974. The molecule has 0 aliphatic rings. The maximum absolute atomic E-state index is 13.1. The van der Waals surface area contributed by atoms with Crippen molar-refractivity contribution >= 4 is 10.9 Å². The van der Waals surface area contributed by atoms with Crippen molar-refractivity contribution < 1.29 is 10.2 Å². The van der Waals surface area contributed by atoms with Crippen molar-refractivity contribution in [3.8, 4) is 0 Å². The van der Waals surface area contributed by atoms with Gasteiger partial charge < -0.3 is 15.6 Å². The van der Waals surface area contributed by atoms with E-state index in [-0.39, 0.29) is 11.4 Å². The van der Waals surface area contributed by atoms with Crippen LogP contribution in [0.1, 0.15) is 51.3 Å². The van der Waals surface area contributed by atoms with Crippen LogP contribution >= 0.6 is 0 Å². The van der Waals surface area contributed by atoms with Gasteiger partial charge in [-0.25, -0.2) is 9.66 Å². The Bertz CT molecular complexity index is 1010. The van der Waals surface area contributed by atoms with Gasteiger partial charge in [0.1, 0.15) is 12.2 Å². The molecule has 148 valence electrons. The van der Waals surface area contributed by atoms with Gasteiger partial charge in [0.25, 0.3) is 5.56 Å². The molecule has 3 aromatic rings. The van der Waals surface area contributed by atoms with Crippen molar-refractivity contribution in [1.82, 2.24) is 9.66 Å². The minimum Gasteiger partial charge on any atom is -0.386 e. The van der Waals surface area contributed by atoms with E-state index in [1.807, 2.05) is 57.2 Å². The number of fused-ring (bicyclic) bond motifs is 1. The lowest BCUT2D eigenvalue weighted by atomic mass is 9.88. The normalized spacial score (nSPS) is 15.2. The van der Waals surface area contributed by atoms with E-state index in [2.05, 4.69) is 10.4 Å². The van der Waals surface area contributed by atoms with Gasteiger partial charge in [0.15, 0.2) is 5.82 Å². The summed E-state index contributed by atoms with van der Waals surface area (Å²) in [4.78, 5) is 17.7. The average molecular weight is 381 g/mol. The summed E-state index contributed by atoms with van der Waals surface area (Å²) < 4.78 is 1.27. The van der Waals surface area contributed by atoms with Gasteiger partial charge in [-0.15, -0.1) is 0 Å². The molecule has 0 aliphatic heterocycles. The Labute approximate surface area is 164 Å². The van der Waals surface area contributed by atoms with Gasteiger partial charge in [-0.05, 0) is 30.0 Å². The SMILES string of the molecule is C[C@H](Nn1c([C@@H](O)C(C)(C)C)nc2ccccc2c1=O)[C@H](O)c1ccccc1. The first kappa shape index (κ1) is 20.0. The molecule has 3 N–H and O–H groups in total. The van der Waals surface area contributed by atoms with Crippen molar-refractivity contribution in [3.05, 3.63) is 76.3 Å². The zero-order valence-electron chi connectivity index (χ0n) is 16.6. The molecule has 6 nitrogen and oxygen atoms in total. The fourth-order valence-corrected chi connectivity index (χ4v) is 3.06. The molecule has 0 fully saturated rings. The van der Waals surface area contributed by atoms with Crippen LogP contribution in [0.5, 0.6) is 0 Å². The highest BCUT2D eigenvalue weighted by Crippen LogP contribution is 2.31. The molecule has 6 heteroatoms. The molecule has 1 heterocycles. The number of rotatable bonds is 5. The van der Waals surface area contributed by atoms with E-state index in [0.29, 0.717) is 10.9 Å². The van der Waals surface area contributed by atoms with Crippen LogP contribution in [0.2, 0.25) is 0 Å². The summed E-state index contributed by atoms with van der Waals surface area (Å²) in [6.45, 7) is 7.43. The van der Waals surface area contributed by atoms with Crippen LogP contribution in [0.3, 0.4) is 0 Å². The maximum Gasteiger partial charge on any atom is 0.280 e. The number of nitrogens with one attached hydrogen (secondary N) is 1. The summed E-state index contributed by atoms with van der Waals surface area (Å²) >= 11 is 0. The van der Waals surface area contributed by atoms with E-state index < -0.39 is 23.7 Å². The number of hydrogen-bond acceptors (Lipinski definition) is 5. The lowest BCUT2D eigenvalue weighted by molar-refractivity contribution is 0.0510. The van der Waals surface area contributed by atoms with E-state index in [4.69, 9.17) is 0 Å². The smallest absolute Gasteiger partial charge is 0.280 e. The first-order chi connectivity index (χ1) is 13.2. The summed E-state index contributed by atoms with van der Waals surface area (Å²) in [5, 5.41) is 22.0. The third kappa shape index (κ3) is 3.93. The summed E-state index contributed by atoms with van der Waals surface area (Å²) in [5.41, 5.74) is 3.49. The fourth-order valence-electron chi connectivity index (χ4n) is 3.06. The lowest BCUT2D eigenvalue weighted by Crippen LogP contribution is -2.42. The van der Waals surface area contributed by atoms with Crippen molar-refractivity contribution in [2.24, 2.45) is 5.41 Å². The molecule has 2 aromatic carbocycles. The lowest BCUT2D eigenvalue weighted by Gasteiger charge is -2.30. The van der Waals surface area contributed by atoms with Gasteiger partial charge in [0.05, 0.1) is 16.9 Å². The van der Waals surface area contributed by atoms with Crippen LogP contribution in [-0.4, -0.2) is 25.9 Å². The van der Waals surface area contributed by atoms with E-state index in [1.165, 1.54) is 4.68 Å². The Hall–Kier alpha value is -2.70. The Morgan fingerprint density at radius 1 is 1.00 bits per heavy atom. The van der Waals surface area contributed by atoms with E-state index >= 15 is 0 Å². The van der Waals surface area contributed by atoms with Crippen LogP contribution in [0.25, 0.3) is 10.9 Å². The molecule has 0 radical (unpaired) electrons. The number of aliphatic hydroxyl groups excluding tert-OH is 2. The standard InChI is InChI=1S/C22H27N3O3/c1-14(18(26)15-10-6-5-7-11-15)24-25-20(19(27)22(2,3)4)23-17-13-9-8-12-16(17)21(25)28/h5-14,18-19,24,26-27H,1-4H3/t14-,18-,19+/m0/s1. The first-order valence-electron chi connectivity index (χ1n) is 9.39.